The molecule has 126 valence electrons. The van der Waals surface area contributed by atoms with E-state index in [1.165, 1.54) is 35.6 Å². The second-order valence-electron chi connectivity index (χ2n) is 5.52. The molecule has 1 saturated carbocycles. The van der Waals surface area contributed by atoms with Crippen LogP contribution in [-0.2, 0) is 11.3 Å². The number of carbonyl (C=O) groups excluding carboxylic acids is 2. The summed E-state index contributed by atoms with van der Waals surface area (Å²) in [6.45, 7) is 2.37. The topological polar surface area (TPSA) is 59.5 Å². The number of aromatic nitrogens is 1. The van der Waals surface area contributed by atoms with Crippen LogP contribution < -0.4 is 0 Å². The lowest BCUT2D eigenvalue weighted by atomic mass is 10.2. The third-order valence-corrected chi connectivity index (χ3v) is 4.52. The molecule has 1 aromatic carbocycles. The fourth-order valence-electron chi connectivity index (χ4n) is 2.34. The van der Waals surface area contributed by atoms with E-state index in [2.05, 4.69) is 4.98 Å². The van der Waals surface area contributed by atoms with Crippen molar-refractivity contribution in [3.05, 3.63) is 51.7 Å². The minimum Gasteiger partial charge on any atom is -0.461 e. The van der Waals surface area contributed by atoms with E-state index in [0.717, 1.165) is 12.8 Å². The molecule has 1 fully saturated rings. The Hall–Kier alpha value is -2.28. The van der Waals surface area contributed by atoms with Gasteiger partial charge >= 0.3 is 5.97 Å². The molecule has 0 radical (unpaired) electrons. The lowest BCUT2D eigenvalue weighted by Gasteiger charge is -2.21. The molecule has 0 N–H and O–H groups in total. The van der Waals surface area contributed by atoms with E-state index in [4.69, 9.17) is 4.74 Å². The van der Waals surface area contributed by atoms with Crippen LogP contribution in [0.1, 0.15) is 45.6 Å². The maximum Gasteiger partial charge on any atom is 0.357 e. The molecule has 0 spiro atoms. The molecule has 0 atom stereocenters. The van der Waals surface area contributed by atoms with Gasteiger partial charge in [0.05, 0.1) is 13.2 Å². The number of halogens is 1. The molecule has 24 heavy (non-hydrogen) atoms. The zero-order chi connectivity index (χ0) is 17.1. The van der Waals surface area contributed by atoms with Gasteiger partial charge in [0.15, 0.2) is 5.69 Å². The summed E-state index contributed by atoms with van der Waals surface area (Å²) in [6, 6.07) is 5.71. The molecule has 3 rings (SSSR count). The summed E-state index contributed by atoms with van der Waals surface area (Å²) in [5.74, 6) is -0.975. The lowest BCUT2D eigenvalue weighted by Crippen LogP contribution is -2.32. The van der Waals surface area contributed by atoms with Crippen molar-refractivity contribution in [2.45, 2.75) is 32.4 Å². The van der Waals surface area contributed by atoms with Gasteiger partial charge in [0, 0.05) is 17.0 Å². The summed E-state index contributed by atoms with van der Waals surface area (Å²) in [4.78, 5) is 30.4. The number of ether oxygens (including phenoxy) is 1. The summed E-state index contributed by atoms with van der Waals surface area (Å²) in [5, 5.41) is 2.32. The third-order valence-electron chi connectivity index (χ3n) is 3.68. The summed E-state index contributed by atoms with van der Waals surface area (Å²) in [6.07, 6.45) is 1.89. The molecule has 1 amide bonds. The standard InChI is InChI=1S/C17H17FN2O3S/c1-2-23-17(22)14-10-24-15(19-14)9-20(13-7-8-13)16(21)11-3-5-12(18)6-4-11/h3-6,10,13H,2,7-9H2,1H3. The first-order chi connectivity index (χ1) is 11.6. The van der Waals surface area contributed by atoms with Crippen molar-refractivity contribution in [2.75, 3.05) is 6.61 Å². The maximum absolute atomic E-state index is 13.0. The van der Waals surface area contributed by atoms with Crippen molar-refractivity contribution in [3.63, 3.8) is 0 Å². The van der Waals surface area contributed by atoms with Crippen molar-refractivity contribution in [1.29, 1.82) is 0 Å². The van der Waals surface area contributed by atoms with Gasteiger partial charge < -0.3 is 9.64 Å². The Bertz CT molecular complexity index is 741. The first-order valence-electron chi connectivity index (χ1n) is 7.76. The number of esters is 1. The van der Waals surface area contributed by atoms with Gasteiger partial charge in [-0.15, -0.1) is 11.3 Å². The predicted molar refractivity (Wildman–Crippen MR) is 87.4 cm³/mol. The molecular formula is C17H17FN2O3S. The number of hydrogen-bond acceptors (Lipinski definition) is 5. The Kier molecular flexibility index (Phi) is 4.89. The summed E-state index contributed by atoms with van der Waals surface area (Å²) in [7, 11) is 0. The fraction of sp³-hybridized carbons (Fsp3) is 0.353. The Morgan fingerprint density at radius 2 is 2.04 bits per heavy atom. The fourth-order valence-corrected chi connectivity index (χ4v) is 3.10. The number of benzene rings is 1. The van der Waals surface area contributed by atoms with Crippen molar-refractivity contribution in [3.8, 4) is 0 Å². The number of thiazole rings is 1. The molecule has 2 aromatic rings. The van der Waals surface area contributed by atoms with Crippen LogP contribution >= 0.6 is 11.3 Å². The third kappa shape index (κ3) is 3.79. The molecule has 0 aliphatic heterocycles. The molecule has 1 aromatic heterocycles. The Morgan fingerprint density at radius 3 is 2.67 bits per heavy atom. The average molecular weight is 348 g/mol. The largest absolute Gasteiger partial charge is 0.461 e. The van der Waals surface area contributed by atoms with Crippen LogP contribution in [0.4, 0.5) is 4.39 Å². The van der Waals surface area contributed by atoms with Crippen LogP contribution in [-0.4, -0.2) is 34.4 Å². The number of carbonyl (C=O) groups is 2. The van der Waals surface area contributed by atoms with E-state index in [1.807, 2.05) is 0 Å². The molecule has 1 aliphatic carbocycles. The van der Waals surface area contributed by atoms with E-state index in [0.29, 0.717) is 23.7 Å². The van der Waals surface area contributed by atoms with Gasteiger partial charge in [-0.25, -0.2) is 14.2 Å². The molecule has 0 bridgehead atoms. The first kappa shape index (κ1) is 16.6. The van der Waals surface area contributed by atoms with Gasteiger partial charge in [0.1, 0.15) is 10.8 Å². The van der Waals surface area contributed by atoms with Gasteiger partial charge in [0.25, 0.3) is 5.91 Å². The van der Waals surface area contributed by atoms with Gasteiger partial charge in [-0.1, -0.05) is 0 Å². The molecular weight excluding hydrogens is 331 g/mol. The zero-order valence-electron chi connectivity index (χ0n) is 13.2. The van der Waals surface area contributed by atoms with E-state index in [-0.39, 0.29) is 23.5 Å². The molecule has 1 aliphatic rings. The van der Waals surface area contributed by atoms with Gasteiger partial charge in [-0.05, 0) is 44.0 Å². The summed E-state index contributed by atoms with van der Waals surface area (Å²) in [5.41, 5.74) is 0.715. The van der Waals surface area contributed by atoms with Crippen molar-refractivity contribution in [1.82, 2.24) is 9.88 Å². The monoisotopic (exact) mass is 348 g/mol. The van der Waals surface area contributed by atoms with Crippen LogP contribution in [0.3, 0.4) is 0 Å². The Balaban J connectivity index is 1.74. The van der Waals surface area contributed by atoms with E-state index in [1.54, 1.807) is 17.2 Å². The first-order valence-corrected chi connectivity index (χ1v) is 8.64. The molecule has 0 unspecified atom stereocenters. The van der Waals surface area contributed by atoms with Crippen LogP contribution in [0.25, 0.3) is 0 Å². The minimum absolute atomic E-state index is 0.148. The predicted octanol–water partition coefficient (Wildman–Crippen LogP) is 3.26. The van der Waals surface area contributed by atoms with E-state index in [9.17, 15) is 14.0 Å². The SMILES string of the molecule is CCOC(=O)c1csc(CN(C(=O)c2ccc(F)cc2)C2CC2)n1. The Labute approximate surface area is 143 Å². The van der Waals surface area contributed by atoms with Gasteiger partial charge in [-0.3, -0.25) is 4.79 Å². The van der Waals surface area contributed by atoms with Crippen LogP contribution in [0, 0.1) is 5.82 Å². The number of nitrogens with zero attached hydrogens (tertiary/aromatic N) is 2. The van der Waals surface area contributed by atoms with Crippen molar-refractivity contribution in [2.24, 2.45) is 0 Å². The molecule has 5 nitrogen and oxygen atoms in total. The Morgan fingerprint density at radius 1 is 1.33 bits per heavy atom. The van der Waals surface area contributed by atoms with E-state index >= 15 is 0 Å². The van der Waals surface area contributed by atoms with E-state index < -0.39 is 5.97 Å². The minimum atomic E-state index is -0.456. The van der Waals surface area contributed by atoms with Crippen LogP contribution in [0.5, 0.6) is 0 Å². The second kappa shape index (κ2) is 7.09. The zero-order valence-corrected chi connectivity index (χ0v) is 14.0. The second-order valence-corrected chi connectivity index (χ2v) is 6.46. The maximum atomic E-state index is 13.0. The molecule has 7 heteroatoms. The normalized spacial score (nSPS) is 13.6. The van der Waals surface area contributed by atoms with Crippen molar-refractivity contribution >= 4 is 23.2 Å². The van der Waals surface area contributed by atoms with Crippen molar-refractivity contribution < 1.29 is 18.7 Å². The number of hydrogen-bond donors (Lipinski definition) is 0. The van der Waals surface area contributed by atoms with Crippen LogP contribution in [0.15, 0.2) is 29.6 Å². The number of rotatable bonds is 6. The number of amides is 1. The summed E-state index contributed by atoms with van der Waals surface area (Å²) < 4.78 is 18.0. The highest BCUT2D eigenvalue weighted by molar-refractivity contribution is 7.09. The quantitative estimate of drug-likeness (QED) is 0.752. The summed E-state index contributed by atoms with van der Waals surface area (Å²) >= 11 is 1.33. The van der Waals surface area contributed by atoms with Gasteiger partial charge in [-0.2, -0.15) is 0 Å². The van der Waals surface area contributed by atoms with Crippen LogP contribution in [0.2, 0.25) is 0 Å². The smallest absolute Gasteiger partial charge is 0.357 e. The highest BCUT2D eigenvalue weighted by Crippen LogP contribution is 2.30. The highest BCUT2D eigenvalue weighted by Gasteiger charge is 2.33. The average Bonchev–Trinajstić information content (AvgIpc) is 3.31. The van der Waals surface area contributed by atoms with Gasteiger partial charge in [0.2, 0.25) is 0 Å². The molecule has 1 heterocycles. The molecule has 0 saturated heterocycles. The lowest BCUT2D eigenvalue weighted by molar-refractivity contribution is 0.0520. The highest BCUT2D eigenvalue weighted by atomic mass is 32.1.